The van der Waals surface area contributed by atoms with Crippen LogP contribution in [0, 0.1) is 5.92 Å². The van der Waals surface area contributed by atoms with E-state index in [2.05, 4.69) is 15.4 Å². The number of fused-ring (bicyclic) bond motifs is 1. The predicted octanol–water partition coefficient (Wildman–Crippen LogP) is 3.41. The van der Waals surface area contributed by atoms with Crippen LogP contribution in [-0.4, -0.2) is 32.3 Å². The quantitative estimate of drug-likeness (QED) is 0.903. The molecule has 1 amide bonds. The van der Waals surface area contributed by atoms with Crippen LogP contribution in [0.25, 0.3) is 0 Å². The number of halogens is 2. The molecule has 7 heteroatoms. The van der Waals surface area contributed by atoms with Crippen LogP contribution in [0.5, 0.6) is 0 Å². The molecule has 2 aromatic rings. The van der Waals surface area contributed by atoms with E-state index < -0.39 is 0 Å². The molecule has 4 rings (SSSR count). The number of rotatable bonds is 4. The third-order valence-corrected chi connectivity index (χ3v) is 5.57. The molecule has 0 bridgehead atoms. The number of carbonyl (C=O) groups is 1. The van der Waals surface area contributed by atoms with Gasteiger partial charge in [0.1, 0.15) is 0 Å². The third kappa shape index (κ3) is 3.15. The van der Waals surface area contributed by atoms with Crippen molar-refractivity contribution in [2.75, 3.05) is 0 Å². The van der Waals surface area contributed by atoms with E-state index in [0.29, 0.717) is 29.1 Å². The van der Waals surface area contributed by atoms with E-state index in [1.807, 2.05) is 17.0 Å². The van der Waals surface area contributed by atoms with Crippen molar-refractivity contribution in [2.24, 2.45) is 5.92 Å². The SMILES string of the molecule is O=C(C1CCc2n[nH]nc2C1)N(Cc1ccc(Cl)c(Cl)c1)C1CC1. The van der Waals surface area contributed by atoms with Gasteiger partial charge < -0.3 is 4.90 Å². The monoisotopic (exact) mass is 364 g/mol. The van der Waals surface area contributed by atoms with Crippen molar-refractivity contribution < 1.29 is 4.79 Å². The largest absolute Gasteiger partial charge is 0.335 e. The average Bonchev–Trinajstić information content (AvgIpc) is 3.31. The van der Waals surface area contributed by atoms with Crippen LogP contribution in [0.15, 0.2) is 18.2 Å². The lowest BCUT2D eigenvalue weighted by atomic mass is 9.88. The molecular weight excluding hydrogens is 347 g/mol. The molecule has 1 unspecified atom stereocenters. The van der Waals surface area contributed by atoms with E-state index in [-0.39, 0.29) is 11.8 Å². The van der Waals surface area contributed by atoms with Crippen LogP contribution in [0.1, 0.15) is 36.2 Å². The summed E-state index contributed by atoms with van der Waals surface area (Å²) in [5, 5.41) is 12.0. The summed E-state index contributed by atoms with van der Waals surface area (Å²) in [5.74, 6) is 0.211. The number of hydrogen-bond donors (Lipinski definition) is 1. The first-order valence-electron chi connectivity index (χ1n) is 8.24. The van der Waals surface area contributed by atoms with Gasteiger partial charge in [-0.25, -0.2) is 0 Å². The van der Waals surface area contributed by atoms with Gasteiger partial charge in [0.2, 0.25) is 5.91 Å². The van der Waals surface area contributed by atoms with Gasteiger partial charge in [-0.15, -0.1) is 0 Å². The van der Waals surface area contributed by atoms with E-state index in [9.17, 15) is 4.79 Å². The highest BCUT2D eigenvalue weighted by atomic mass is 35.5. The summed E-state index contributed by atoms with van der Waals surface area (Å²) in [4.78, 5) is 15.1. The van der Waals surface area contributed by atoms with Crippen LogP contribution in [0.4, 0.5) is 0 Å². The van der Waals surface area contributed by atoms with Crippen molar-refractivity contribution in [1.29, 1.82) is 0 Å². The van der Waals surface area contributed by atoms with Crippen LogP contribution in [0.3, 0.4) is 0 Å². The number of amides is 1. The molecule has 1 fully saturated rings. The van der Waals surface area contributed by atoms with Gasteiger partial charge in [0.15, 0.2) is 0 Å². The topological polar surface area (TPSA) is 61.9 Å². The minimum absolute atomic E-state index is 0.00836. The van der Waals surface area contributed by atoms with Gasteiger partial charge in [-0.1, -0.05) is 29.3 Å². The fourth-order valence-corrected chi connectivity index (χ4v) is 3.66. The maximum atomic E-state index is 13.1. The van der Waals surface area contributed by atoms with Crippen molar-refractivity contribution in [2.45, 2.75) is 44.7 Å². The van der Waals surface area contributed by atoms with E-state index in [1.54, 1.807) is 6.07 Å². The van der Waals surface area contributed by atoms with Crippen molar-refractivity contribution in [3.8, 4) is 0 Å². The minimum Gasteiger partial charge on any atom is -0.335 e. The summed E-state index contributed by atoms with van der Waals surface area (Å²) < 4.78 is 0. The Morgan fingerprint density at radius 1 is 1.17 bits per heavy atom. The highest BCUT2D eigenvalue weighted by molar-refractivity contribution is 6.42. The maximum Gasteiger partial charge on any atom is 0.226 e. The van der Waals surface area contributed by atoms with E-state index in [1.165, 1.54) is 0 Å². The molecule has 1 aromatic carbocycles. The lowest BCUT2D eigenvalue weighted by molar-refractivity contribution is -0.137. The normalized spacial score (nSPS) is 19.8. The fourth-order valence-electron chi connectivity index (χ4n) is 3.34. The molecule has 0 aliphatic heterocycles. The van der Waals surface area contributed by atoms with E-state index >= 15 is 0 Å². The van der Waals surface area contributed by atoms with Crippen molar-refractivity contribution >= 4 is 29.1 Å². The zero-order chi connectivity index (χ0) is 16.7. The summed E-state index contributed by atoms with van der Waals surface area (Å²) in [6, 6.07) is 5.93. The average molecular weight is 365 g/mol. The van der Waals surface area contributed by atoms with Gasteiger partial charge in [0.05, 0.1) is 21.4 Å². The molecule has 0 spiro atoms. The summed E-state index contributed by atoms with van der Waals surface area (Å²) in [5.41, 5.74) is 2.95. The zero-order valence-corrected chi connectivity index (χ0v) is 14.6. The molecule has 24 heavy (non-hydrogen) atoms. The molecule has 5 nitrogen and oxygen atoms in total. The summed E-state index contributed by atoms with van der Waals surface area (Å²) in [7, 11) is 0. The first kappa shape index (κ1) is 15.9. The number of H-pyrrole nitrogens is 1. The molecule has 1 heterocycles. The Kier molecular flexibility index (Phi) is 4.22. The second-order valence-electron chi connectivity index (χ2n) is 6.60. The molecule has 1 atom stereocenters. The number of hydrogen-bond acceptors (Lipinski definition) is 3. The Hall–Kier alpha value is -1.59. The summed E-state index contributed by atoms with van der Waals surface area (Å²) in [6.45, 7) is 0.586. The first-order chi connectivity index (χ1) is 11.6. The number of benzene rings is 1. The molecule has 0 saturated heterocycles. The van der Waals surface area contributed by atoms with Gasteiger partial charge in [-0.2, -0.15) is 15.4 Å². The summed E-state index contributed by atoms with van der Waals surface area (Å²) in [6.07, 6.45) is 4.48. The third-order valence-electron chi connectivity index (χ3n) is 4.83. The van der Waals surface area contributed by atoms with E-state index in [4.69, 9.17) is 23.2 Å². The number of carbonyl (C=O) groups excluding carboxylic acids is 1. The second kappa shape index (κ2) is 6.37. The Labute approximate surface area is 150 Å². The Balaban J connectivity index is 1.51. The highest BCUT2D eigenvalue weighted by Gasteiger charge is 2.37. The Morgan fingerprint density at radius 2 is 1.96 bits per heavy atom. The zero-order valence-electron chi connectivity index (χ0n) is 13.1. The predicted molar refractivity (Wildman–Crippen MR) is 91.9 cm³/mol. The number of nitrogens with zero attached hydrogens (tertiary/aromatic N) is 3. The molecule has 1 aromatic heterocycles. The number of aromatic amines is 1. The van der Waals surface area contributed by atoms with Gasteiger partial charge in [0, 0.05) is 24.9 Å². The molecule has 0 radical (unpaired) electrons. The molecule has 1 saturated carbocycles. The number of aromatic nitrogens is 3. The van der Waals surface area contributed by atoms with Crippen molar-refractivity contribution in [3.05, 3.63) is 45.2 Å². The minimum atomic E-state index is -0.00836. The fraction of sp³-hybridized carbons (Fsp3) is 0.471. The van der Waals surface area contributed by atoms with Gasteiger partial charge in [-0.05, 0) is 43.4 Å². The summed E-state index contributed by atoms with van der Waals surface area (Å²) >= 11 is 12.1. The maximum absolute atomic E-state index is 13.1. The second-order valence-corrected chi connectivity index (χ2v) is 7.42. The lowest BCUT2D eigenvalue weighted by Crippen LogP contribution is -2.39. The number of nitrogens with one attached hydrogen (secondary N) is 1. The van der Waals surface area contributed by atoms with Crippen LogP contribution < -0.4 is 0 Å². The standard InChI is InChI=1S/C17H18Cl2N4O/c18-13-5-1-10(7-14(13)19)9-23(12-3-4-12)17(24)11-2-6-15-16(8-11)21-22-20-15/h1,5,7,11-12H,2-4,6,8-9H2,(H,20,21,22). The molecule has 2 aliphatic carbocycles. The Bertz CT molecular complexity index is 772. The van der Waals surface area contributed by atoms with Gasteiger partial charge >= 0.3 is 0 Å². The molecule has 126 valence electrons. The van der Waals surface area contributed by atoms with Crippen LogP contribution in [-0.2, 0) is 24.2 Å². The Morgan fingerprint density at radius 3 is 2.71 bits per heavy atom. The van der Waals surface area contributed by atoms with Crippen molar-refractivity contribution in [1.82, 2.24) is 20.3 Å². The van der Waals surface area contributed by atoms with Crippen molar-refractivity contribution in [3.63, 3.8) is 0 Å². The van der Waals surface area contributed by atoms with Gasteiger partial charge in [-0.3, -0.25) is 4.79 Å². The van der Waals surface area contributed by atoms with Gasteiger partial charge in [0.25, 0.3) is 0 Å². The lowest BCUT2D eigenvalue weighted by Gasteiger charge is -2.29. The van der Waals surface area contributed by atoms with Crippen LogP contribution >= 0.6 is 23.2 Å². The van der Waals surface area contributed by atoms with Crippen LogP contribution in [0.2, 0.25) is 10.0 Å². The van der Waals surface area contributed by atoms with E-state index in [0.717, 1.165) is 42.6 Å². The molecular formula is C17H18Cl2N4O. The highest BCUT2D eigenvalue weighted by Crippen LogP contribution is 2.33. The first-order valence-corrected chi connectivity index (χ1v) is 9.00. The molecule has 2 aliphatic rings. The molecule has 1 N–H and O–H groups in total. The number of aryl methyl sites for hydroxylation is 1. The smallest absolute Gasteiger partial charge is 0.226 e.